The van der Waals surface area contributed by atoms with Crippen LogP contribution in [-0.2, 0) is 32.6 Å². The molecule has 9 nitrogen and oxygen atoms in total. The Labute approximate surface area is 263 Å². The first-order valence-corrected chi connectivity index (χ1v) is 16.0. The summed E-state index contributed by atoms with van der Waals surface area (Å²) >= 11 is 12.4. The topological polar surface area (TPSA) is 105 Å². The summed E-state index contributed by atoms with van der Waals surface area (Å²) in [4.78, 5) is 29.5. The van der Waals surface area contributed by atoms with E-state index in [0.29, 0.717) is 16.3 Å². The first-order chi connectivity index (χ1) is 20.1. The second kappa shape index (κ2) is 14.3. The predicted octanol–water partition coefficient (Wildman–Crippen LogP) is 5.33. The number of amides is 2. The Morgan fingerprint density at radius 2 is 1.58 bits per heavy atom. The van der Waals surface area contributed by atoms with E-state index in [1.165, 1.54) is 25.2 Å². The monoisotopic (exact) mass is 649 g/mol. The molecule has 3 aromatic rings. The minimum atomic E-state index is -4.01. The van der Waals surface area contributed by atoms with Crippen molar-refractivity contribution in [1.82, 2.24) is 10.2 Å². The van der Waals surface area contributed by atoms with Gasteiger partial charge < -0.3 is 19.7 Å². The Bertz CT molecular complexity index is 1540. The summed E-state index contributed by atoms with van der Waals surface area (Å²) in [6, 6.07) is 17.9. The molecule has 0 radical (unpaired) electrons. The van der Waals surface area contributed by atoms with Gasteiger partial charge in [0.25, 0.3) is 0 Å². The molecule has 0 aliphatic carbocycles. The van der Waals surface area contributed by atoms with Crippen molar-refractivity contribution in [3.63, 3.8) is 0 Å². The quantitative estimate of drug-likeness (QED) is 0.284. The van der Waals surface area contributed by atoms with Gasteiger partial charge in [0, 0.05) is 24.6 Å². The SMILES string of the molecule is COc1ccc(OC)c(N(CC(=O)N(Cc2ccc(Cl)c(Cl)c2)[C@H](Cc2ccccc2)C(=O)NC(C)(C)C)S(C)(=O)=O)c1. The highest BCUT2D eigenvalue weighted by Crippen LogP contribution is 2.34. The number of rotatable bonds is 12. The average Bonchev–Trinajstić information content (AvgIpc) is 2.94. The number of carbonyl (C=O) groups is 2. The second-order valence-electron chi connectivity index (χ2n) is 11.0. The lowest BCUT2D eigenvalue weighted by Gasteiger charge is -2.35. The molecule has 0 aromatic heterocycles. The van der Waals surface area contributed by atoms with Gasteiger partial charge in [-0.25, -0.2) is 8.42 Å². The Kier molecular flexibility index (Phi) is 11.3. The summed E-state index contributed by atoms with van der Waals surface area (Å²) in [6.45, 7) is 4.87. The molecule has 2 amide bonds. The van der Waals surface area contributed by atoms with Crippen molar-refractivity contribution >= 4 is 50.7 Å². The number of anilines is 1. The Balaban J connectivity index is 2.15. The van der Waals surface area contributed by atoms with E-state index in [1.807, 2.05) is 51.1 Å². The van der Waals surface area contributed by atoms with E-state index < -0.39 is 40.0 Å². The van der Waals surface area contributed by atoms with E-state index in [-0.39, 0.29) is 29.4 Å². The fourth-order valence-corrected chi connectivity index (χ4v) is 5.59. The van der Waals surface area contributed by atoms with E-state index in [1.54, 1.807) is 30.3 Å². The number of ether oxygens (including phenoxy) is 2. The van der Waals surface area contributed by atoms with Crippen LogP contribution in [0.3, 0.4) is 0 Å². The average molecular weight is 651 g/mol. The zero-order valence-electron chi connectivity index (χ0n) is 25.1. The van der Waals surface area contributed by atoms with Crippen LogP contribution < -0.4 is 19.1 Å². The largest absolute Gasteiger partial charge is 0.497 e. The molecule has 1 N–H and O–H groups in total. The normalized spacial score (nSPS) is 12.3. The molecule has 12 heteroatoms. The molecule has 232 valence electrons. The highest BCUT2D eigenvalue weighted by atomic mass is 35.5. The van der Waals surface area contributed by atoms with Crippen molar-refractivity contribution in [1.29, 1.82) is 0 Å². The summed E-state index contributed by atoms with van der Waals surface area (Å²) in [6.07, 6.45) is 1.17. The lowest BCUT2D eigenvalue weighted by molar-refractivity contribution is -0.140. The lowest BCUT2D eigenvalue weighted by Crippen LogP contribution is -2.56. The summed E-state index contributed by atoms with van der Waals surface area (Å²) in [5.74, 6) is -0.418. The lowest BCUT2D eigenvalue weighted by atomic mass is 10.0. The van der Waals surface area contributed by atoms with Crippen LogP contribution in [0.4, 0.5) is 5.69 Å². The van der Waals surface area contributed by atoms with E-state index >= 15 is 0 Å². The zero-order chi connectivity index (χ0) is 31.9. The van der Waals surface area contributed by atoms with Gasteiger partial charge in [-0.1, -0.05) is 59.6 Å². The molecule has 0 aliphatic rings. The smallest absolute Gasteiger partial charge is 0.244 e. The maximum Gasteiger partial charge on any atom is 0.244 e. The van der Waals surface area contributed by atoms with Crippen LogP contribution in [0.25, 0.3) is 0 Å². The molecular weight excluding hydrogens is 613 g/mol. The van der Waals surface area contributed by atoms with E-state index in [4.69, 9.17) is 32.7 Å². The third-order valence-electron chi connectivity index (χ3n) is 6.44. The second-order valence-corrected chi connectivity index (χ2v) is 13.7. The molecule has 1 atom stereocenters. The van der Waals surface area contributed by atoms with Gasteiger partial charge in [-0.2, -0.15) is 0 Å². The molecule has 3 aromatic carbocycles. The van der Waals surface area contributed by atoms with Gasteiger partial charge in [0.1, 0.15) is 24.1 Å². The standard InChI is InChI=1S/C31H37Cl2N3O6S/c1-31(2,3)34-30(38)27(17-21-10-8-7-9-11-21)35(19-22-12-14-24(32)25(33)16-22)29(37)20-36(43(6,39)40)26-18-23(41-4)13-15-28(26)42-5/h7-16,18,27H,17,19-20H2,1-6H3,(H,34,38)/t27-/m1/s1. The van der Waals surface area contributed by atoms with Crippen molar-refractivity contribution in [2.45, 2.75) is 45.3 Å². The van der Waals surface area contributed by atoms with Gasteiger partial charge in [-0.15, -0.1) is 0 Å². The molecule has 0 spiro atoms. The maximum absolute atomic E-state index is 14.3. The van der Waals surface area contributed by atoms with Crippen molar-refractivity contribution in [2.24, 2.45) is 0 Å². The van der Waals surface area contributed by atoms with E-state index in [2.05, 4.69) is 5.32 Å². The summed E-state index contributed by atoms with van der Waals surface area (Å²) in [5, 5.41) is 3.60. The Hall–Kier alpha value is -3.47. The summed E-state index contributed by atoms with van der Waals surface area (Å²) in [7, 11) is -1.17. The zero-order valence-corrected chi connectivity index (χ0v) is 27.4. The highest BCUT2D eigenvalue weighted by molar-refractivity contribution is 7.92. The van der Waals surface area contributed by atoms with E-state index in [0.717, 1.165) is 16.1 Å². The van der Waals surface area contributed by atoms with Crippen LogP contribution in [0, 0.1) is 0 Å². The number of nitrogens with zero attached hydrogens (tertiary/aromatic N) is 2. The minimum Gasteiger partial charge on any atom is -0.497 e. The van der Waals surface area contributed by atoms with Gasteiger partial charge >= 0.3 is 0 Å². The first kappa shape index (κ1) is 34.0. The summed E-state index contributed by atoms with van der Waals surface area (Å²) in [5.41, 5.74) is 0.940. The third-order valence-corrected chi connectivity index (χ3v) is 8.31. The molecule has 0 unspecified atom stereocenters. The highest BCUT2D eigenvalue weighted by Gasteiger charge is 2.35. The van der Waals surface area contributed by atoms with Crippen molar-refractivity contribution in [2.75, 3.05) is 31.3 Å². The van der Waals surface area contributed by atoms with Crippen molar-refractivity contribution in [3.8, 4) is 11.5 Å². The first-order valence-electron chi connectivity index (χ1n) is 13.4. The molecule has 0 saturated carbocycles. The van der Waals surface area contributed by atoms with Crippen LogP contribution in [0.5, 0.6) is 11.5 Å². The molecule has 0 fully saturated rings. The van der Waals surface area contributed by atoms with Gasteiger partial charge in [0.15, 0.2) is 0 Å². The van der Waals surface area contributed by atoms with Crippen LogP contribution in [0.2, 0.25) is 10.0 Å². The number of benzene rings is 3. The van der Waals surface area contributed by atoms with Gasteiger partial charge in [0.2, 0.25) is 21.8 Å². The Morgan fingerprint density at radius 1 is 0.907 bits per heavy atom. The molecule has 43 heavy (non-hydrogen) atoms. The minimum absolute atomic E-state index is 0.0440. The number of hydrogen-bond donors (Lipinski definition) is 1. The molecule has 0 aliphatic heterocycles. The molecule has 3 rings (SSSR count). The number of methoxy groups -OCH3 is 2. The third kappa shape index (κ3) is 9.51. The Morgan fingerprint density at radius 3 is 2.14 bits per heavy atom. The van der Waals surface area contributed by atoms with Crippen LogP contribution in [-0.4, -0.2) is 63.7 Å². The van der Waals surface area contributed by atoms with Crippen LogP contribution >= 0.6 is 23.2 Å². The number of carbonyl (C=O) groups excluding carboxylic acids is 2. The van der Waals surface area contributed by atoms with Crippen molar-refractivity contribution < 1.29 is 27.5 Å². The number of nitrogens with one attached hydrogen (secondary N) is 1. The molecule has 0 saturated heterocycles. The predicted molar refractivity (Wildman–Crippen MR) is 171 cm³/mol. The van der Waals surface area contributed by atoms with Gasteiger partial charge in [0.05, 0.1) is 36.2 Å². The van der Waals surface area contributed by atoms with Crippen molar-refractivity contribution in [3.05, 3.63) is 87.9 Å². The fraction of sp³-hybridized carbons (Fsp3) is 0.355. The molecular formula is C31H37Cl2N3O6S. The van der Waals surface area contributed by atoms with Gasteiger partial charge in [-0.3, -0.25) is 13.9 Å². The fourth-order valence-electron chi connectivity index (χ4n) is 4.43. The number of hydrogen-bond acceptors (Lipinski definition) is 6. The molecule has 0 heterocycles. The van der Waals surface area contributed by atoms with Gasteiger partial charge in [-0.05, 0) is 56.2 Å². The maximum atomic E-state index is 14.3. The number of sulfonamides is 1. The molecule has 0 bridgehead atoms. The van der Waals surface area contributed by atoms with Crippen LogP contribution in [0.1, 0.15) is 31.9 Å². The van der Waals surface area contributed by atoms with E-state index in [9.17, 15) is 18.0 Å². The summed E-state index contributed by atoms with van der Waals surface area (Å²) < 4.78 is 37.9. The van der Waals surface area contributed by atoms with Crippen LogP contribution in [0.15, 0.2) is 66.7 Å². The number of halogens is 2.